The van der Waals surface area contributed by atoms with Gasteiger partial charge in [0, 0.05) is 5.56 Å². The Hall–Kier alpha value is -1.46. The van der Waals surface area contributed by atoms with Crippen LogP contribution in [-0.4, -0.2) is 25.5 Å². The van der Waals surface area contributed by atoms with Gasteiger partial charge in [-0.1, -0.05) is 42.2 Å². The van der Waals surface area contributed by atoms with Crippen molar-refractivity contribution in [3.63, 3.8) is 0 Å². The second-order valence-corrected chi connectivity index (χ2v) is 6.40. The van der Waals surface area contributed by atoms with E-state index in [9.17, 15) is 4.39 Å². The zero-order chi connectivity index (χ0) is 18.8. The topological polar surface area (TPSA) is 40.0 Å². The van der Waals surface area contributed by atoms with Crippen LogP contribution in [0.1, 0.15) is 38.8 Å². The molecule has 0 spiro atoms. The molecule has 1 rings (SSSR count). The highest BCUT2D eigenvalue weighted by Crippen LogP contribution is 2.34. The smallest absolute Gasteiger partial charge is 0.171 e. The first-order valence-electron chi connectivity index (χ1n) is 8.14. The largest absolute Gasteiger partial charge is 0.489 e. The molecule has 0 aliphatic carbocycles. The van der Waals surface area contributed by atoms with Crippen LogP contribution in [0.2, 0.25) is 0 Å². The second-order valence-electron chi connectivity index (χ2n) is 5.39. The van der Waals surface area contributed by atoms with Crippen LogP contribution in [0.15, 0.2) is 21.8 Å². The normalized spacial score (nSPS) is 10.2. The molecule has 0 atom stereocenters. The minimum atomic E-state index is -0.433. The van der Waals surface area contributed by atoms with Crippen LogP contribution < -0.4 is 9.47 Å². The Kier molecular flexibility index (Phi) is 9.68. The molecule has 25 heavy (non-hydrogen) atoms. The summed E-state index contributed by atoms with van der Waals surface area (Å²) >= 11 is 11.1. The number of oxime groups is 1. The van der Waals surface area contributed by atoms with Gasteiger partial charge in [-0.05, 0) is 44.4 Å². The molecule has 1 aromatic rings. The number of hydrogen-bond donors (Lipinski definition) is 0. The van der Waals surface area contributed by atoms with Crippen LogP contribution in [0.3, 0.4) is 0 Å². The van der Waals surface area contributed by atoms with Gasteiger partial charge in [-0.3, -0.25) is 0 Å². The summed E-state index contributed by atoms with van der Waals surface area (Å²) in [7, 11) is 0. The van der Waals surface area contributed by atoms with Crippen molar-refractivity contribution in [3.8, 4) is 11.5 Å². The van der Waals surface area contributed by atoms with Gasteiger partial charge in [0.05, 0.1) is 5.71 Å². The van der Waals surface area contributed by atoms with Crippen molar-refractivity contribution in [3.05, 3.63) is 33.6 Å². The van der Waals surface area contributed by atoms with Crippen LogP contribution in [-0.2, 0) is 17.7 Å². The van der Waals surface area contributed by atoms with E-state index in [1.165, 1.54) is 6.08 Å². The summed E-state index contributed by atoms with van der Waals surface area (Å²) < 4.78 is 26.0. The molecule has 0 aliphatic rings. The lowest BCUT2D eigenvalue weighted by atomic mass is 10.0. The Balaban J connectivity index is 2.94. The molecule has 0 saturated heterocycles. The lowest BCUT2D eigenvalue weighted by Crippen LogP contribution is -2.10. The summed E-state index contributed by atoms with van der Waals surface area (Å²) in [5.74, 6) is 0.271. The van der Waals surface area contributed by atoms with Crippen molar-refractivity contribution in [1.29, 1.82) is 0 Å². The maximum absolute atomic E-state index is 14.7. The van der Waals surface area contributed by atoms with Gasteiger partial charge in [0.2, 0.25) is 0 Å². The highest BCUT2D eigenvalue weighted by molar-refractivity contribution is 6.55. The molecule has 0 aliphatic heterocycles. The zero-order valence-corrected chi connectivity index (χ0v) is 16.5. The maximum Gasteiger partial charge on any atom is 0.171 e. The predicted molar refractivity (Wildman–Crippen MR) is 101 cm³/mol. The molecule has 0 heterocycles. The van der Waals surface area contributed by atoms with Gasteiger partial charge >= 0.3 is 0 Å². The molecular weight excluding hydrogens is 368 g/mol. The van der Waals surface area contributed by atoms with Gasteiger partial charge in [0.1, 0.15) is 23.5 Å². The van der Waals surface area contributed by atoms with Crippen molar-refractivity contribution in [2.45, 2.75) is 40.5 Å². The Labute approximate surface area is 158 Å². The average Bonchev–Trinajstić information content (AvgIpc) is 2.55. The van der Waals surface area contributed by atoms with Crippen molar-refractivity contribution in [1.82, 2.24) is 0 Å². The Morgan fingerprint density at radius 1 is 1.16 bits per heavy atom. The van der Waals surface area contributed by atoms with Crippen LogP contribution in [0.4, 0.5) is 4.39 Å². The number of rotatable bonds is 10. The number of benzene rings is 1. The highest BCUT2D eigenvalue weighted by atomic mass is 35.5. The monoisotopic (exact) mass is 391 g/mol. The predicted octanol–water partition coefficient (Wildman–Crippen LogP) is 5.44. The fourth-order valence-corrected chi connectivity index (χ4v) is 2.27. The molecule has 140 valence electrons. The second kappa shape index (κ2) is 11.2. The van der Waals surface area contributed by atoms with Gasteiger partial charge in [-0.15, -0.1) is 0 Å². The fourth-order valence-electron chi connectivity index (χ4n) is 2.14. The Bertz CT molecular complexity index is 625. The molecule has 0 radical (unpaired) electrons. The molecule has 0 amide bonds. The Morgan fingerprint density at radius 2 is 1.88 bits per heavy atom. The SMILES string of the molecule is CCc1cc(OCC=C(Cl)Cl)c(F)c(CC)c1OCCON=C(C)C. The molecule has 1 aromatic carbocycles. The van der Waals surface area contributed by atoms with E-state index in [0.717, 1.165) is 11.3 Å². The van der Waals surface area contributed by atoms with Crippen molar-refractivity contribution >= 4 is 28.9 Å². The summed E-state index contributed by atoms with van der Waals surface area (Å²) in [4.78, 5) is 5.11. The summed E-state index contributed by atoms with van der Waals surface area (Å²) in [6, 6.07) is 1.65. The zero-order valence-electron chi connectivity index (χ0n) is 15.0. The molecular formula is C18H24Cl2FNO3. The number of ether oxygens (including phenoxy) is 2. The van der Waals surface area contributed by atoms with Crippen molar-refractivity contribution in [2.24, 2.45) is 5.16 Å². The van der Waals surface area contributed by atoms with E-state index in [-0.39, 0.29) is 30.1 Å². The molecule has 0 saturated carbocycles. The summed E-state index contributed by atoms with van der Waals surface area (Å²) in [5, 5.41) is 3.84. The number of aryl methyl sites for hydroxylation is 1. The quantitative estimate of drug-likeness (QED) is 0.302. The molecule has 0 unspecified atom stereocenters. The van der Waals surface area contributed by atoms with Gasteiger partial charge in [-0.25, -0.2) is 4.39 Å². The maximum atomic E-state index is 14.7. The molecule has 0 N–H and O–H groups in total. The van der Waals surface area contributed by atoms with E-state index < -0.39 is 5.82 Å². The first-order chi connectivity index (χ1) is 11.9. The summed E-state index contributed by atoms with van der Waals surface area (Å²) in [6.45, 7) is 8.18. The molecule has 0 fully saturated rings. The number of halogens is 3. The lowest BCUT2D eigenvalue weighted by Gasteiger charge is -2.18. The van der Waals surface area contributed by atoms with Crippen molar-refractivity contribution < 1.29 is 18.7 Å². The van der Waals surface area contributed by atoms with Crippen molar-refractivity contribution in [2.75, 3.05) is 19.8 Å². The van der Waals surface area contributed by atoms with Crippen LogP contribution >= 0.6 is 23.2 Å². The minimum absolute atomic E-state index is 0.0803. The van der Waals surface area contributed by atoms with Gasteiger partial charge < -0.3 is 14.3 Å². The molecule has 4 nitrogen and oxygen atoms in total. The highest BCUT2D eigenvalue weighted by Gasteiger charge is 2.18. The summed E-state index contributed by atoms with van der Waals surface area (Å²) in [6.07, 6.45) is 2.61. The third kappa shape index (κ3) is 7.12. The van der Waals surface area contributed by atoms with E-state index in [2.05, 4.69) is 5.16 Å². The van der Waals surface area contributed by atoms with Gasteiger partial charge in [0.15, 0.2) is 18.2 Å². The molecule has 0 bridgehead atoms. The summed E-state index contributed by atoms with van der Waals surface area (Å²) in [5.41, 5.74) is 2.16. The molecule has 0 aromatic heterocycles. The van der Waals surface area contributed by atoms with E-state index in [4.69, 9.17) is 37.5 Å². The lowest BCUT2D eigenvalue weighted by molar-refractivity contribution is 0.106. The molecule has 7 heteroatoms. The third-order valence-corrected chi connectivity index (χ3v) is 3.54. The fraction of sp³-hybridized carbons (Fsp3) is 0.500. The Morgan fingerprint density at radius 3 is 2.44 bits per heavy atom. The number of nitrogens with zero attached hydrogens (tertiary/aromatic N) is 1. The van der Waals surface area contributed by atoms with Crippen LogP contribution in [0.25, 0.3) is 0 Å². The van der Waals surface area contributed by atoms with Gasteiger partial charge in [-0.2, -0.15) is 0 Å². The van der Waals surface area contributed by atoms with Gasteiger partial charge in [0.25, 0.3) is 0 Å². The first kappa shape index (κ1) is 21.6. The average molecular weight is 392 g/mol. The first-order valence-corrected chi connectivity index (χ1v) is 8.90. The number of hydrogen-bond acceptors (Lipinski definition) is 4. The third-order valence-electron chi connectivity index (χ3n) is 3.23. The van der Waals surface area contributed by atoms with Crippen LogP contribution in [0.5, 0.6) is 11.5 Å². The standard InChI is InChI=1S/C18H24Cl2FNO3/c1-5-13-11-15(23-8-7-16(19)20)17(21)14(6-2)18(13)24-9-10-25-22-12(3)4/h7,11H,5-6,8-10H2,1-4H3. The van der Waals surface area contributed by atoms with E-state index >= 15 is 0 Å². The van der Waals surface area contributed by atoms with Crippen LogP contribution in [0, 0.1) is 5.82 Å². The minimum Gasteiger partial charge on any atom is -0.489 e. The van der Waals surface area contributed by atoms with E-state index in [1.807, 2.05) is 27.7 Å². The van der Waals surface area contributed by atoms with E-state index in [1.54, 1.807) is 6.07 Å². The van der Waals surface area contributed by atoms with E-state index in [0.29, 0.717) is 24.2 Å².